The third-order valence-corrected chi connectivity index (χ3v) is 7.46. The zero-order chi connectivity index (χ0) is 22.1. The fraction of sp³-hybridized carbons (Fsp3) is 0.375. The van der Waals surface area contributed by atoms with Gasteiger partial charge in [-0.3, -0.25) is 14.4 Å². The minimum atomic E-state index is -0.933. The first-order chi connectivity index (χ1) is 14.9. The number of fused-ring (bicyclic) bond motifs is 2. The summed E-state index contributed by atoms with van der Waals surface area (Å²) in [4.78, 5) is 39.3. The maximum absolute atomic E-state index is 13.3. The second-order valence-electron chi connectivity index (χ2n) is 8.18. The van der Waals surface area contributed by atoms with Crippen molar-refractivity contribution >= 4 is 39.8 Å². The molecule has 2 amide bonds. The molecule has 1 aromatic heterocycles. The van der Waals surface area contributed by atoms with Gasteiger partial charge in [-0.15, -0.1) is 11.3 Å². The van der Waals surface area contributed by atoms with Crippen molar-refractivity contribution in [2.24, 2.45) is 23.7 Å². The number of thiophene rings is 1. The Morgan fingerprint density at radius 1 is 1.03 bits per heavy atom. The Kier molecular flexibility index (Phi) is 5.96. The molecule has 1 fully saturated rings. The van der Waals surface area contributed by atoms with Crippen LogP contribution in [0, 0.1) is 30.6 Å². The quantitative estimate of drug-likeness (QED) is 0.569. The Morgan fingerprint density at radius 2 is 1.68 bits per heavy atom. The first-order valence-electron chi connectivity index (χ1n) is 10.6. The minimum Gasteiger partial charge on any atom is -0.481 e. The summed E-state index contributed by atoms with van der Waals surface area (Å²) in [6, 6.07) is 9.18. The molecule has 4 atom stereocenters. The number of carbonyl (C=O) groups is 3. The fourth-order valence-corrected chi connectivity index (χ4v) is 6.08. The number of aliphatic carboxylic acids is 1. The first-order valence-corrected chi connectivity index (χ1v) is 11.4. The Balaban J connectivity index is 1.62. The molecule has 1 aromatic carbocycles. The lowest BCUT2D eigenvalue weighted by molar-refractivity contribution is -0.151. The summed E-state index contributed by atoms with van der Waals surface area (Å²) in [6.07, 6.45) is 6.20. The van der Waals surface area contributed by atoms with Crippen molar-refractivity contribution in [3.63, 3.8) is 0 Å². The molecule has 3 aliphatic rings. The predicted octanol–water partition coefficient (Wildman–Crippen LogP) is 4.72. The second kappa shape index (κ2) is 8.67. The predicted molar refractivity (Wildman–Crippen MR) is 121 cm³/mol. The zero-order valence-electron chi connectivity index (χ0n) is 17.6. The maximum Gasteiger partial charge on any atom is 0.307 e. The van der Waals surface area contributed by atoms with Crippen LogP contribution < -0.4 is 10.6 Å². The van der Waals surface area contributed by atoms with E-state index >= 15 is 0 Å². The molecule has 0 spiro atoms. The number of rotatable bonds is 6. The van der Waals surface area contributed by atoms with Crippen LogP contribution in [0.15, 0.2) is 42.5 Å². The molecule has 162 valence electrons. The molecule has 0 unspecified atom stereocenters. The Morgan fingerprint density at radius 3 is 2.26 bits per heavy atom. The summed E-state index contributed by atoms with van der Waals surface area (Å²) in [5, 5.41) is 16.1. The van der Waals surface area contributed by atoms with Crippen LogP contribution in [0.3, 0.4) is 0 Å². The van der Waals surface area contributed by atoms with Crippen LogP contribution in [0.4, 0.5) is 10.7 Å². The summed E-state index contributed by atoms with van der Waals surface area (Å²) in [5.74, 6) is -3.07. The molecule has 0 saturated heterocycles. The van der Waals surface area contributed by atoms with Crippen LogP contribution >= 0.6 is 11.3 Å². The van der Waals surface area contributed by atoms with Crippen molar-refractivity contribution in [2.45, 2.75) is 33.1 Å². The second-order valence-corrected chi connectivity index (χ2v) is 9.41. The highest BCUT2D eigenvalue weighted by atomic mass is 32.1. The fourth-order valence-electron chi connectivity index (χ4n) is 4.93. The van der Waals surface area contributed by atoms with E-state index in [4.69, 9.17) is 0 Å². The smallest absolute Gasteiger partial charge is 0.307 e. The largest absolute Gasteiger partial charge is 0.481 e. The van der Waals surface area contributed by atoms with E-state index < -0.39 is 17.8 Å². The van der Waals surface area contributed by atoms with Gasteiger partial charge in [-0.2, -0.15) is 0 Å². The van der Waals surface area contributed by atoms with Gasteiger partial charge >= 0.3 is 5.97 Å². The van der Waals surface area contributed by atoms with Gasteiger partial charge in [-0.05, 0) is 55.7 Å². The maximum atomic E-state index is 13.3. The summed E-state index contributed by atoms with van der Waals surface area (Å²) < 4.78 is 0. The van der Waals surface area contributed by atoms with Gasteiger partial charge in [0.05, 0.1) is 17.4 Å². The van der Waals surface area contributed by atoms with E-state index in [1.54, 1.807) is 0 Å². The molecular formula is C24H26N2O4S. The number of carboxylic acids is 1. The standard InChI is InChI=1S/C24H26N2O4S/c1-3-17-13(2)31-23(20(17)22(28)25-16-7-5-4-6-8-16)26-21(27)18-14-9-11-15(12-10-14)19(18)24(29)30/h4-9,11,14-15,18-19H,3,10,12H2,1-2H3,(H,25,28)(H,26,27)(H,29,30)/t14-,15-,18-,19-/m0/s1. The number of carbonyl (C=O) groups excluding carboxylic acids is 2. The van der Waals surface area contributed by atoms with Crippen LogP contribution in [0.25, 0.3) is 0 Å². The monoisotopic (exact) mass is 438 g/mol. The molecule has 1 saturated carbocycles. The highest BCUT2D eigenvalue weighted by Crippen LogP contribution is 2.46. The van der Waals surface area contributed by atoms with E-state index in [2.05, 4.69) is 10.6 Å². The van der Waals surface area contributed by atoms with Gasteiger partial charge in [-0.1, -0.05) is 37.3 Å². The van der Waals surface area contributed by atoms with E-state index in [9.17, 15) is 19.5 Å². The van der Waals surface area contributed by atoms with Crippen LogP contribution in [0.1, 0.15) is 40.6 Å². The molecule has 2 bridgehead atoms. The topological polar surface area (TPSA) is 95.5 Å². The van der Waals surface area contributed by atoms with Crippen LogP contribution in [0.5, 0.6) is 0 Å². The van der Waals surface area contributed by atoms with E-state index in [1.807, 2.05) is 56.3 Å². The van der Waals surface area contributed by atoms with Gasteiger partial charge in [0.1, 0.15) is 5.00 Å². The van der Waals surface area contributed by atoms with Gasteiger partial charge < -0.3 is 15.7 Å². The average Bonchev–Trinajstić information content (AvgIpc) is 3.09. The number of nitrogens with one attached hydrogen (secondary N) is 2. The minimum absolute atomic E-state index is 0.0839. The highest BCUT2D eigenvalue weighted by Gasteiger charge is 2.48. The number of para-hydroxylation sites is 1. The number of allylic oxidation sites excluding steroid dienone is 2. The number of anilines is 2. The molecule has 1 heterocycles. The Labute approximate surface area is 185 Å². The van der Waals surface area contributed by atoms with Gasteiger partial charge in [0.15, 0.2) is 0 Å². The molecule has 5 rings (SSSR count). The van der Waals surface area contributed by atoms with Crippen molar-refractivity contribution in [1.29, 1.82) is 0 Å². The molecule has 0 aliphatic heterocycles. The lowest BCUT2D eigenvalue weighted by Crippen LogP contribution is -2.47. The highest BCUT2D eigenvalue weighted by molar-refractivity contribution is 7.16. The van der Waals surface area contributed by atoms with E-state index in [0.717, 1.165) is 23.3 Å². The molecule has 31 heavy (non-hydrogen) atoms. The van der Waals surface area contributed by atoms with Crippen molar-refractivity contribution in [3.8, 4) is 0 Å². The molecule has 0 radical (unpaired) electrons. The van der Waals surface area contributed by atoms with Gasteiger partial charge in [-0.25, -0.2) is 0 Å². The van der Waals surface area contributed by atoms with E-state index in [-0.39, 0.29) is 23.7 Å². The van der Waals surface area contributed by atoms with Crippen molar-refractivity contribution in [3.05, 3.63) is 58.5 Å². The van der Waals surface area contributed by atoms with Crippen LogP contribution in [-0.2, 0) is 16.0 Å². The molecular weight excluding hydrogens is 412 g/mol. The average molecular weight is 439 g/mol. The summed E-state index contributed by atoms with van der Waals surface area (Å²) >= 11 is 1.37. The Bertz CT molecular complexity index is 1040. The summed E-state index contributed by atoms with van der Waals surface area (Å²) in [5.41, 5.74) is 2.04. The third kappa shape index (κ3) is 4.02. The molecule has 3 aliphatic carbocycles. The van der Waals surface area contributed by atoms with Gasteiger partial charge in [0.25, 0.3) is 5.91 Å². The van der Waals surface area contributed by atoms with E-state index in [1.165, 1.54) is 11.3 Å². The molecule has 6 nitrogen and oxygen atoms in total. The SMILES string of the molecule is CCc1c(C)sc(NC(=O)[C@@H]2[C@@H](C(=O)O)[C@H]3C=C[C@H]2CC3)c1C(=O)Nc1ccccc1. The first kappa shape index (κ1) is 21.3. The Hall–Kier alpha value is -2.93. The number of carboxylic acid groups (broad SMARTS) is 1. The zero-order valence-corrected chi connectivity index (χ0v) is 18.4. The van der Waals surface area contributed by atoms with Crippen LogP contribution in [-0.4, -0.2) is 22.9 Å². The third-order valence-electron chi connectivity index (χ3n) is 6.39. The van der Waals surface area contributed by atoms with Crippen molar-refractivity contribution in [2.75, 3.05) is 10.6 Å². The van der Waals surface area contributed by atoms with E-state index in [0.29, 0.717) is 22.7 Å². The normalized spacial score (nSPS) is 24.1. The van der Waals surface area contributed by atoms with Gasteiger partial charge in [0.2, 0.25) is 5.91 Å². The van der Waals surface area contributed by atoms with Crippen LogP contribution in [0.2, 0.25) is 0 Å². The van der Waals surface area contributed by atoms with Crippen molar-refractivity contribution in [1.82, 2.24) is 0 Å². The number of amides is 2. The summed E-state index contributed by atoms with van der Waals surface area (Å²) in [7, 11) is 0. The van der Waals surface area contributed by atoms with Crippen molar-refractivity contribution < 1.29 is 19.5 Å². The number of hydrogen-bond acceptors (Lipinski definition) is 4. The lowest BCUT2D eigenvalue weighted by Gasteiger charge is -2.41. The molecule has 2 aromatic rings. The molecule has 3 N–H and O–H groups in total. The lowest BCUT2D eigenvalue weighted by atomic mass is 9.62. The summed E-state index contributed by atoms with van der Waals surface area (Å²) in [6.45, 7) is 3.91. The molecule has 7 heteroatoms. The van der Waals surface area contributed by atoms with Gasteiger partial charge in [0, 0.05) is 10.6 Å². The number of aryl methyl sites for hydroxylation is 1. The number of benzene rings is 1. The number of hydrogen-bond donors (Lipinski definition) is 3.